The summed E-state index contributed by atoms with van der Waals surface area (Å²) >= 11 is 0. The second-order valence-corrected chi connectivity index (χ2v) is 7.10. The SMILES string of the molecule is CCOC(=O)c1cnn(-c2cccc(NC(=O)CCCNC(=O)c3ccccc3)c2)c1C. The molecule has 0 spiro atoms. The van der Waals surface area contributed by atoms with Crippen molar-refractivity contribution >= 4 is 23.5 Å². The lowest BCUT2D eigenvalue weighted by Gasteiger charge is -2.10. The molecule has 2 aromatic carbocycles. The molecule has 0 fully saturated rings. The van der Waals surface area contributed by atoms with Crippen molar-refractivity contribution in [3.05, 3.63) is 77.6 Å². The molecule has 8 nitrogen and oxygen atoms in total. The normalized spacial score (nSPS) is 10.4. The van der Waals surface area contributed by atoms with Crippen molar-refractivity contribution in [2.75, 3.05) is 18.5 Å². The number of ether oxygens (including phenoxy) is 1. The zero-order valence-corrected chi connectivity index (χ0v) is 18.1. The van der Waals surface area contributed by atoms with Crippen molar-refractivity contribution in [2.45, 2.75) is 26.7 Å². The first-order valence-electron chi connectivity index (χ1n) is 10.4. The van der Waals surface area contributed by atoms with Crippen LogP contribution in [0.15, 0.2) is 60.8 Å². The maximum Gasteiger partial charge on any atom is 0.341 e. The third kappa shape index (κ3) is 5.81. The molecule has 3 aromatic rings. The summed E-state index contributed by atoms with van der Waals surface area (Å²) in [4.78, 5) is 36.3. The number of anilines is 1. The Kier molecular flexibility index (Phi) is 7.75. The molecule has 3 rings (SSSR count). The lowest BCUT2D eigenvalue weighted by atomic mass is 10.2. The first-order valence-corrected chi connectivity index (χ1v) is 10.4. The van der Waals surface area contributed by atoms with Gasteiger partial charge < -0.3 is 15.4 Å². The number of amides is 2. The van der Waals surface area contributed by atoms with Gasteiger partial charge in [0, 0.05) is 24.2 Å². The van der Waals surface area contributed by atoms with Crippen LogP contribution in [0.2, 0.25) is 0 Å². The number of nitrogens with one attached hydrogen (secondary N) is 2. The van der Waals surface area contributed by atoms with E-state index in [1.165, 1.54) is 6.20 Å². The first-order chi connectivity index (χ1) is 15.5. The summed E-state index contributed by atoms with van der Waals surface area (Å²) in [5.74, 6) is -0.726. The second-order valence-electron chi connectivity index (χ2n) is 7.10. The Morgan fingerprint density at radius 2 is 1.84 bits per heavy atom. The van der Waals surface area contributed by atoms with Crippen LogP contribution in [0.5, 0.6) is 0 Å². The van der Waals surface area contributed by atoms with Crippen molar-refractivity contribution < 1.29 is 19.1 Å². The monoisotopic (exact) mass is 434 g/mol. The lowest BCUT2D eigenvalue weighted by Crippen LogP contribution is -2.25. The minimum Gasteiger partial charge on any atom is -0.462 e. The van der Waals surface area contributed by atoms with Gasteiger partial charge in [-0.2, -0.15) is 5.10 Å². The Balaban J connectivity index is 1.53. The molecule has 0 unspecified atom stereocenters. The van der Waals surface area contributed by atoms with E-state index in [-0.39, 0.29) is 18.2 Å². The van der Waals surface area contributed by atoms with Crippen LogP contribution >= 0.6 is 0 Å². The Morgan fingerprint density at radius 3 is 2.59 bits per heavy atom. The highest BCUT2D eigenvalue weighted by Gasteiger charge is 2.16. The Labute approximate surface area is 186 Å². The van der Waals surface area contributed by atoms with E-state index in [0.717, 1.165) is 0 Å². The van der Waals surface area contributed by atoms with Gasteiger partial charge in [0.15, 0.2) is 0 Å². The highest BCUT2D eigenvalue weighted by atomic mass is 16.5. The van der Waals surface area contributed by atoms with E-state index >= 15 is 0 Å². The topological polar surface area (TPSA) is 102 Å². The molecule has 8 heteroatoms. The fourth-order valence-electron chi connectivity index (χ4n) is 3.16. The van der Waals surface area contributed by atoms with Gasteiger partial charge >= 0.3 is 5.97 Å². The molecule has 2 amide bonds. The number of carbonyl (C=O) groups is 3. The molecule has 166 valence electrons. The van der Waals surface area contributed by atoms with Crippen molar-refractivity contribution in [2.24, 2.45) is 0 Å². The average molecular weight is 434 g/mol. The molecule has 0 aliphatic heterocycles. The van der Waals surface area contributed by atoms with Crippen molar-refractivity contribution in [3.63, 3.8) is 0 Å². The van der Waals surface area contributed by atoms with Gasteiger partial charge in [0.1, 0.15) is 5.56 Å². The first kappa shape index (κ1) is 22.7. The largest absolute Gasteiger partial charge is 0.462 e. The van der Waals surface area contributed by atoms with Gasteiger partial charge in [-0.1, -0.05) is 24.3 Å². The van der Waals surface area contributed by atoms with Crippen LogP contribution < -0.4 is 10.6 Å². The lowest BCUT2D eigenvalue weighted by molar-refractivity contribution is -0.116. The van der Waals surface area contributed by atoms with Gasteiger partial charge in [0.05, 0.1) is 24.2 Å². The Bertz CT molecular complexity index is 1090. The van der Waals surface area contributed by atoms with E-state index in [2.05, 4.69) is 15.7 Å². The van der Waals surface area contributed by atoms with Gasteiger partial charge in [-0.3, -0.25) is 9.59 Å². The number of hydrogen-bond donors (Lipinski definition) is 2. The molecule has 0 atom stereocenters. The van der Waals surface area contributed by atoms with Crippen molar-refractivity contribution in [3.8, 4) is 5.69 Å². The van der Waals surface area contributed by atoms with Crippen LogP contribution in [-0.2, 0) is 9.53 Å². The molecule has 0 saturated carbocycles. The van der Waals surface area contributed by atoms with E-state index in [4.69, 9.17) is 4.74 Å². The standard InChI is InChI=1S/C24H26N4O4/c1-3-32-24(31)21-16-26-28(17(21)2)20-12-7-11-19(15-20)27-22(29)13-8-14-25-23(30)18-9-5-4-6-10-18/h4-7,9-12,15-16H,3,8,13-14H2,1-2H3,(H,25,30)(H,27,29). The van der Waals surface area contributed by atoms with E-state index < -0.39 is 5.97 Å². The number of hydrogen-bond acceptors (Lipinski definition) is 5. The van der Waals surface area contributed by atoms with Crippen LogP contribution in [0.1, 0.15) is 46.2 Å². The fraction of sp³-hybridized carbons (Fsp3) is 0.250. The maximum absolute atomic E-state index is 12.3. The predicted octanol–water partition coefficient (Wildman–Crippen LogP) is 3.51. The number of benzene rings is 2. The van der Waals surface area contributed by atoms with E-state index in [1.807, 2.05) is 12.1 Å². The summed E-state index contributed by atoms with van der Waals surface area (Å²) in [5, 5.41) is 9.94. The molecule has 0 aliphatic carbocycles. The molecule has 0 bridgehead atoms. The number of rotatable bonds is 9. The number of carbonyl (C=O) groups excluding carboxylic acids is 3. The summed E-state index contributed by atoms with van der Waals surface area (Å²) in [6.07, 6.45) is 2.26. The summed E-state index contributed by atoms with van der Waals surface area (Å²) < 4.78 is 6.67. The highest BCUT2D eigenvalue weighted by Crippen LogP contribution is 2.19. The minimum atomic E-state index is -0.417. The fourth-order valence-corrected chi connectivity index (χ4v) is 3.16. The minimum absolute atomic E-state index is 0.152. The predicted molar refractivity (Wildman–Crippen MR) is 121 cm³/mol. The zero-order valence-electron chi connectivity index (χ0n) is 18.1. The van der Waals surface area contributed by atoms with Gasteiger partial charge in [-0.05, 0) is 50.6 Å². The van der Waals surface area contributed by atoms with Crippen LogP contribution in [-0.4, -0.2) is 40.7 Å². The molecule has 2 N–H and O–H groups in total. The third-order valence-electron chi connectivity index (χ3n) is 4.78. The van der Waals surface area contributed by atoms with Crippen molar-refractivity contribution in [1.82, 2.24) is 15.1 Å². The molecular formula is C24H26N4O4. The number of aromatic nitrogens is 2. The van der Waals surface area contributed by atoms with E-state index in [9.17, 15) is 14.4 Å². The van der Waals surface area contributed by atoms with Crippen molar-refractivity contribution in [1.29, 1.82) is 0 Å². The molecule has 0 radical (unpaired) electrons. The van der Waals surface area contributed by atoms with Crippen LogP contribution in [0.4, 0.5) is 5.69 Å². The van der Waals surface area contributed by atoms with E-state index in [1.54, 1.807) is 61.0 Å². The molecule has 32 heavy (non-hydrogen) atoms. The molecule has 1 heterocycles. The smallest absolute Gasteiger partial charge is 0.341 e. The van der Waals surface area contributed by atoms with Gasteiger partial charge in [-0.25, -0.2) is 9.48 Å². The molecule has 0 aliphatic rings. The van der Waals surface area contributed by atoms with Crippen LogP contribution in [0.3, 0.4) is 0 Å². The highest BCUT2D eigenvalue weighted by molar-refractivity contribution is 5.94. The number of esters is 1. The molecule has 0 saturated heterocycles. The van der Waals surface area contributed by atoms with Gasteiger partial charge in [-0.15, -0.1) is 0 Å². The number of nitrogens with zero attached hydrogens (tertiary/aromatic N) is 2. The summed E-state index contributed by atoms with van der Waals surface area (Å²) in [7, 11) is 0. The summed E-state index contributed by atoms with van der Waals surface area (Å²) in [6, 6.07) is 16.1. The van der Waals surface area contributed by atoms with Crippen LogP contribution in [0, 0.1) is 6.92 Å². The molecule has 1 aromatic heterocycles. The zero-order chi connectivity index (χ0) is 22.9. The summed E-state index contributed by atoms with van der Waals surface area (Å²) in [5.41, 5.74) is 2.98. The Hall–Kier alpha value is -3.94. The Morgan fingerprint density at radius 1 is 1.06 bits per heavy atom. The maximum atomic E-state index is 12.3. The second kappa shape index (κ2) is 10.9. The molecular weight excluding hydrogens is 408 g/mol. The third-order valence-corrected chi connectivity index (χ3v) is 4.78. The quantitative estimate of drug-likeness (QED) is 0.396. The van der Waals surface area contributed by atoms with Gasteiger partial charge in [0.25, 0.3) is 5.91 Å². The van der Waals surface area contributed by atoms with Crippen LogP contribution in [0.25, 0.3) is 5.69 Å². The van der Waals surface area contributed by atoms with E-state index in [0.29, 0.717) is 47.8 Å². The summed E-state index contributed by atoms with van der Waals surface area (Å²) in [6.45, 7) is 4.24. The average Bonchev–Trinajstić information content (AvgIpc) is 3.19. The van der Waals surface area contributed by atoms with Gasteiger partial charge in [0.2, 0.25) is 5.91 Å².